The Kier molecular flexibility index (Phi) is 6.60. The number of hydrogen-bond acceptors (Lipinski definition) is 5. The highest BCUT2D eigenvalue weighted by atomic mass is 16.5. The van der Waals surface area contributed by atoms with Gasteiger partial charge in [-0.2, -0.15) is 0 Å². The third-order valence-corrected chi connectivity index (χ3v) is 2.62. The molecule has 2 aliphatic rings. The number of hydrazine groups is 1. The summed E-state index contributed by atoms with van der Waals surface area (Å²) in [7, 11) is 2.10. The summed E-state index contributed by atoms with van der Waals surface area (Å²) in [6, 6.07) is 0. The number of allylic oxidation sites excluding steroid dienone is 2. The Bertz CT molecular complexity index is 303. The lowest BCUT2D eigenvalue weighted by molar-refractivity contribution is -0.0541. The first kappa shape index (κ1) is 14.9. The third kappa shape index (κ3) is 4.98. The van der Waals surface area contributed by atoms with Gasteiger partial charge < -0.3 is 19.8 Å². The summed E-state index contributed by atoms with van der Waals surface area (Å²) >= 11 is 0. The molecule has 1 saturated heterocycles. The summed E-state index contributed by atoms with van der Waals surface area (Å²) in [5.41, 5.74) is 7.00. The molecular weight excluding hydrogens is 230 g/mol. The zero-order chi connectivity index (χ0) is 13.4. The standard InChI is InChI=1S/C11H19N3O2.C2H6/c1-9-5-11(13-12-6-9)16-8-10-7-14(2)3-4-15-10;1-2/h5-6,10,12-13H,3-4,7-8H2,1-2H3;1-2H3. The Morgan fingerprint density at radius 2 is 2.28 bits per heavy atom. The Morgan fingerprint density at radius 1 is 1.50 bits per heavy atom. The number of rotatable bonds is 3. The van der Waals surface area contributed by atoms with E-state index in [4.69, 9.17) is 9.47 Å². The molecule has 2 aliphatic heterocycles. The van der Waals surface area contributed by atoms with Crippen LogP contribution in [-0.2, 0) is 9.47 Å². The molecule has 0 aromatic rings. The fourth-order valence-electron chi connectivity index (χ4n) is 1.73. The predicted octanol–water partition coefficient (Wildman–Crippen LogP) is 1.21. The second kappa shape index (κ2) is 8.00. The lowest BCUT2D eigenvalue weighted by atomic mass is 10.3. The van der Waals surface area contributed by atoms with E-state index in [-0.39, 0.29) is 6.10 Å². The average molecular weight is 255 g/mol. The summed E-state index contributed by atoms with van der Waals surface area (Å²) < 4.78 is 11.2. The molecule has 18 heavy (non-hydrogen) atoms. The molecule has 0 aliphatic carbocycles. The van der Waals surface area contributed by atoms with E-state index in [9.17, 15) is 0 Å². The maximum Gasteiger partial charge on any atom is 0.205 e. The molecule has 5 nitrogen and oxygen atoms in total. The molecule has 2 rings (SSSR count). The molecular formula is C13H25N3O2. The molecule has 0 saturated carbocycles. The highest BCUT2D eigenvalue weighted by molar-refractivity contribution is 5.20. The molecule has 104 valence electrons. The molecule has 0 amide bonds. The quantitative estimate of drug-likeness (QED) is 0.794. The summed E-state index contributed by atoms with van der Waals surface area (Å²) in [5, 5.41) is 0. The van der Waals surface area contributed by atoms with Gasteiger partial charge >= 0.3 is 0 Å². The molecule has 2 heterocycles. The van der Waals surface area contributed by atoms with Crippen molar-refractivity contribution >= 4 is 0 Å². The number of nitrogens with one attached hydrogen (secondary N) is 2. The molecule has 0 bridgehead atoms. The minimum Gasteiger partial charge on any atom is -0.475 e. The second-order valence-electron chi connectivity index (χ2n) is 4.23. The van der Waals surface area contributed by atoms with Crippen molar-refractivity contribution in [1.82, 2.24) is 15.8 Å². The Labute approximate surface area is 110 Å². The van der Waals surface area contributed by atoms with Gasteiger partial charge in [-0.3, -0.25) is 5.43 Å². The van der Waals surface area contributed by atoms with Gasteiger partial charge in [0, 0.05) is 25.4 Å². The van der Waals surface area contributed by atoms with Crippen molar-refractivity contribution < 1.29 is 9.47 Å². The van der Waals surface area contributed by atoms with Crippen LogP contribution >= 0.6 is 0 Å². The van der Waals surface area contributed by atoms with Crippen molar-refractivity contribution in [2.45, 2.75) is 26.9 Å². The average Bonchev–Trinajstić information content (AvgIpc) is 2.39. The molecule has 0 radical (unpaired) electrons. The van der Waals surface area contributed by atoms with E-state index >= 15 is 0 Å². The molecule has 1 atom stereocenters. The van der Waals surface area contributed by atoms with E-state index in [0.29, 0.717) is 6.61 Å². The highest BCUT2D eigenvalue weighted by Gasteiger charge is 2.18. The van der Waals surface area contributed by atoms with Crippen LogP contribution in [0.5, 0.6) is 0 Å². The van der Waals surface area contributed by atoms with Crippen LogP contribution in [0.3, 0.4) is 0 Å². The fraction of sp³-hybridized carbons (Fsp3) is 0.692. The van der Waals surface area contributed by atoms with Gasteiger partial charge in [-0.1, -0.05) is 13.8 Å². The van der Waals surface area contributed by atoms with Crippen LogP contribution in [0.4, 0.5) is 0 Å². The van der Waals surface area contributed by atoms with Crippen molar-refractivity contribution in [3.8, 4) is 0 Å². The normalized spacial score (nSPS) is 23.7. The van der Waals surface area contributed by atoms with E-state index in [1.54, 1.807) is 0 Å². The number of hydrogen-bond donors (Lipinski definition) is 2. The van der Waals surface area contributed by atoms with Crippen LogP contribution in [0, 0.1) is 0 Å². The van der Waals surface area contributed by atoms with Crippen molar-refractivity contribution in [3.05, 3.63) is 23.7 Å². The number of nitrogens with zero attached hydrogens (tertiary/aromatic N) is 1. The molecule has 0 aromatic heterocycles. The summed E-state index contributed by atoms with van der Waals surface area (Å²) in [4.78, 5) is 2.25. The van der Waals surface area contributed by atoms with Gasteiger partial charge in [-0.25, -0.2) is 0 Å². The van der Waals surface area contributed by atoms with Crippen LogP contribution in [0.2, 0.25) is 0 Å². The summed E-state index contributed by atoms with van der Waals surface area (Å²) in [6.07, 6.45) is 4.01. The first-order valence-corrected chi connectivity index (χ1v) is 6.57. The topological polar surface area (TPSA) is 45.8 Å². The minimum atomic E-state index is 0.160. The molecule has 1 unspecified atom stereocenters. The van der Waals surface area contributed by atoms with Crippen molar-refractivity contribution in [2.75, 3.05) is 33.4 Å². The van der Waals surface area contributed by atoms with Gasteiger partial charge in [-0.05, 0) is 19.5 Å². The molecule has 5 heteroatoms. The Morgan fingerprint density at radius 3 is 2.94 bits per heavy atom. The molecule has 0 aromatic carbocycles. The number of morpholine rings is 1. The number of ether oxygens (including phenoxy) is 2. The molecule has 0 spiro atoms. The zero-order valence-corrected chi connectivity index (χ0v) is 11.8. The highest BCUT2D eigenvalue weighted by Crippen LogP contribution is 2.08. The summed E-state index contributed by atoms with van der Waals surface area (Å²) in [6.45, 7) is 9.31. The van der Waals surface area contributed by atoms with Crippen molar-refractivity contribution in [1.29, 1.82) is 0 Å². The predicted molar refractivity (Wildman–Crippen MR) is 72.6 cm³/mol. The molecule has 1 fully saturated rings. The monoisotopic (exact) mass is 255 g/mol. The van der Waals surface area contributed by atoms with E-state index < -0.39 is 0 Å². The lowest BCUT2D eigenvalue weighted by Gasteiger charge is -2.30. The zero-order valence-electron chi connectivity index (χ0n) is 11.8. The maximum absolute atomic E-state index is 5.64. The summed E-state index contributed by atoms with van der Waals surface area (Å²) in [5.74, 6) is 0.747. The van der Waals surface area contributed by atoms with Crippen LogP contribution in [0.25, 0.3) is 0 Å². The number of likely N-dealkylation sites (N-methyl/N-ethyl adjacent to an activating group) is 1. The smallest absolute Gasteiger partial charge is 0.205 e. The van der Waals surface area contributed by atoms with Crippen LogP contribution in [0.15, 0.2) is 23.7 Å². The molecule has 2 N–H and O–H groups in total. The second-order valence-corrected chi connectivity index (χ2v) is 4.23. The van der Waals surface area contributed by atoms with Gasteiger partial charge in [0.2, 0.25) is 5.88 Å². The van der Waals surface area contributed by atoms with Crippen LogP contribution in [-0.4, -0.2) is 44.4 Å². The van der Waals surface area contributed by atoms with Gasteiger partial charge in [0.05, 0.1) is 6.61 Å². The largest absolute Gasteiger partial charge is 0.475 e. The SMILES string of the molecule is CC.CC1=CNNC(OCC2CN(C)CCO2)=C1. The maximum atomic E-state index is 5.64. The Hall–Kier alpha value is -1.20. The van der Waals surface area contributed by atoms with E-state index in [1.165, 1.54) is 0 Å². The van der Waals surface area contributed by atoms with Gasteiger partial charge in [-0.15, -0.1) is 0 Å². The van der Waals surface area contributed by atoms with E-state index in [0.717, 1.165) is 31.2 Å². The van der Waals surface area contributed by atoms with E-state index in [2.05, 4.69) is 22.8 Å². The lowest BCUT2D eigenvalue weighted by Crippen LogP contribution is -2.43. The minimum absolute atomic E-state index is 0.160. The van der Waals surface area contributed by atoms with Gasteiger partial charge in [0.15, 0.2) is 0 Å². The first-order chi connectivity index (χ1) is 8.74. The van der Waals surface area contributed by atoms with Crippen molar-refractivity contribution in [2.24, 2.45) is 0 Å². The van der Waals surface area contributed by atoms with Gasteiger partial charge in [0.1, 0.15) is 12.7 Å². The van der Waals surface area contributed by atoms with E-state index in [1.807, 2.05) is 33.0 Å². The van der Waals surface area contributed by atoms with Crippen LogP contribution < -0.4 is 10.9 Å². The van der Waals surface area contributed by atoms with Crippen LogP contribution in [0.1, 0.15) is 20.8 Å². The fourth-order valence-corrected chi connectivity index (χ4v) is 1.73. The third-order valence-electron chi connectivity index (χ3n) is 2.62. The van der Waals surface area contributed by atoms with Crippen molar-refractivity contribution in [3.63, 3.8) is 0 Å². The first-order valence-electron chi connectivity index (χ1n) is 6.57. The Balaban J connectivity index is 0.000000771. The van der Waals surface area contributed by atoms with Gasteiger partial charge in [0.25, 0.3) is 0 Å².